The summed E-state index contributed by atoms with van der Waals surface area (Å²) in [6, 6.07) is 2.59. The minimum atomic E-state index is 0.422. The molecule has 0 saturated heterocycles. The van der Waals surface area contributed by atoms with E-state index in [1.807, 2.05) is 25.6 Å². The first-order valence-electron chi connectivity index (χ1n) is 6.72. The van der Waals surface area contributed by atoms with Gasteiger partial charge in [-0.25, -0.2) is 4.98 Å². The van der Waals surface area contributed by atoms with E-state index < -0.39 is 0 Å². The Balaban J connectivity index is 2.05. The van der Waals surface area contributed by atoms with Crippen LogP contribution in [0.25, 0.3) is 0 Å². The molecule has 2 aromatic rings. The van der Waals surface area contributed by atoms with Gasteiger partial charge in [0.25, 0.3) is 0 Å². The Morgan fingerprint density at radius 2 is 2.11 bits per heavy atom. The molecule has 0 radical (unpaired) electrons. The van der Waals surface area contributed by atoms with Crippen molar-refractivity contribution in [2.24, 2.45) is 7.05 Å². The Kier molecular flexibility index (Phi) is 4.71. The highest BCUT2D eigenvalue weighted by Gasteiger charge is 2.14. The topological polar surface area (TPSA) is 42.7 Å². The summed E-state index contributed by atoms with van der Waals surface area (Å²) in [5.74, 6) is 0. The monoisotopic (exact) mass is 278 g/mol. The van der Waals surface area contributed by atoms with E-state index >= 15 is 0 Å². The number of nitrogens with one attached hydrogen (secondary N) is 1. The molecule has 4 nitrogen and oxygen atoms in total. The fraction of sp³-hybridized carbons (Fsp3) is 0.571. The first kappa shape index (κ1) is 14.2. The second-order valence-electron chi connectivity index (χ2n) is 4.95. The van der Waals surface area contributed by atoms with Crippen molar-refractivity contribution in [2.75, 3.05) is 6.54 Å². The van der Waals surface area contributed by atoms with Crippen molar-refractivity contribution < 1.29 is 0 Å². The van der Waals surface area contributed by atoms with Crippen LogP contribution >= 0.6 is 11.3 Å². The zero-order valence-electron chi connectivity index (χ0n) is 12.1. The van der Waals surface area contributed by atoms with Crippen LogP contribution in [0.3, 0.4) is 0 Å². The molecule has 0 aromatic carbocycles. The molecule has 1 unspecified atom stereocenters. The van der Waals surface area contributed by atoms with Crippen LogP contribution in [0.15, 0.2) is 11.4 Å². The predicted molar refractivity (Wildman–Crippen MR) is 79.7 cm³/mol. The highest BCUT2D eigenvalue weighted by atomic mass is 32.1. The molecule has 0 aliphatic carbocycles. The van der Waals surface area contributed by atoms with Gasteiger partial charge in [-0.05, 0) is 26.5 Å². The molecule has 0 aliphatic heterocycles. The van der Waals surface area contributed by atoms with Gasteiger partial charge in [-0.1, -0.05) is 6.92 Å². The molecule has 0 saturated carbocycles. The summed E-state index contributed by atoms with van der Waals surface area (Å²) >= 11 is 1.75. The maximum Gasteiger partial charge on any atom is 0.0943 e. The molecule has 0 fully saturated rings. The van der Waals surface area contributed by atoms with Crippen LogP contribution < -0.4 is 5.32 Å². The van der Waals surface area contributed by atoms with E-state index in [4.69, 9.17) is 0 Å². The molecule has 0 aliphatic rings. The summed E-state index contributed by atoms with van der Waals surface area (Å²) in [6.45, 7) is 7.21. The molecule has 1 N–H and O–H groups in total. The quantitative estimate of drug-likeness (QED) is 0.881. The second kappa shape index (κ2) is 6.30. The van der Waals surface area contributed by atoms with Gasteiger partial charge in [0.15, 0.2) is 0 Å². The van der Waals surface area contributed by atoms with Gasteiger partial charge >= 0.3 is 0 Å². The highest BCUT2D eigenvalue weighted by Crippen LogP contribution is 2.14. The number of aromatic nitrogens is 3. The average molecular weight is 278 g/mol. The lowest BCUT2D eigenvalue weighted by Gasteiger charge is -2.16. The van der Waals surface area contributed by atoms with Crippen molar-refractivity contribution in [3.63, 3.8) is 0 Å². The van der Waals surface area contributed by atoms with Crippen molar-refractivity contribution >= 4 is 11.3 Å². The van der Waals surface area contributed by atoms with Crippen LogP contribution in [0.5, 0.6) is 0 Å². The van der Waals surface area contributed by atoms with Crippen LogP contribution in [0.1, 0.15) is 29.0 Å². The molecule has 2 aromatic heterocycles. The predicted octanol–water partition coefficient (Wildman–Crippen LogP) is 2.26. The molecule has 5 heteroatoms. The van der Waals surface area contributed by atoms with Gasteiger partial charge in [0.05, 0.1) is 10.7 Å². The third kappa shape index (κ3) is 3.88. The van der Waals surface area contributed by atoms with Crippen molar-refractivity contribution in [1.82, 2.24) is 20.1 Å². The van der Waals surface area contributed by atoms with Gasteiger partial charge in [0.2, 0.25) is 0 Å². The molecule has 2 rings (SSSR count). The SMILES string of the molecule is CCNC(Cc1nc(C)cs1)Cc1cc(C)nn1C. The lowest BCUT2D eigenvalue weighted by atomic mass is 10.1. The van der Waals surface area contributed by atoms with Gasteiger partial charge in [-0.15, -0.1) is 11.3 Å². The maximum absolute atomic E-state index is 4.56. The van der Waals surface area contributed by atoms with Gasteiger partial charge in [0.1, 0.15) is 0 Å². The molecule has 0 bridgehead atoms. The molecular formula is C14H22N4S. The summed E-state index contributed by atoms with van der Waals surface area (Å²) in [6.07, 6.45) is 1.97. The van der Waals surface area contributed by atoms with Gasteiger partial charge in [-0.3, -0.25) is 4.68 Å². The lowest BCUT2D eigenvalue weighted by Crippen LogP contribution is -2.33. The van der Waals surface area contributed by atoms with Crippen LogP contribution in [0.4, 0.5) is 0 Å². The number of aryl methyl sites for hydroxylation is 3. The number of likely N-dealkylation sites (N-methyl/N-ethyl adjacent to an activating group) is 1. The molecule has 1 atom stereocenters. The molecule has 19 heavy (non-hydrogen) atoms. The summed E-state index contributed by atoms with van der Waals surface area (Å²) in [5, 5.41) is 11.3. The fourth-order valence-corrected chi connectivity index (χ4v) is 3.17. The maximum atomic E-state index is 4.56. The molecule has 0 spiro atoms. The summed E-state index contributed by atoms with van der Waals surface area (Å²) in [4.78, 5) is 4.56. The highest BCUT2D eigenvalue weighted by molar-refractivity contribution is 7.09. The summed E-state index contributed by atoms with van der Waals surface area (Å²) < 4.78 is 1.98. The van der Waals surface area contributed by atoms with E-state index in [1.54, 1.807) is 11.3 Å². The zero-order chi connectivity index (χ0) is 13.8. The fourth-order valence-electron chi connectivity index (χ4n) is 2.32. The number of rotatable bonds is 6. The number of nitrogens with zero attached hydrogens (tertiary/aromatic N) is 3. The van der Waals surface area contributed by atoms with E-state index in [-0.39, 0.29) is 0 Å². The van der Waals surface area contributed by atoms with Crippen molar-refractivity contribution in [2.45, 2.75) is 39.7 Å². The Bertz CT molecular complexity index is 529. The van der Waals surface area contributed by atoms with Gasteiger partial charge < -0.3 is 5.32 Å². The zero-order valence-corrected chi connectivity index (χ0v) is 12.9. The third-order valence-electron chi connectivity index (χ3n) is 3.13. The Morgan fingerprint density at radius 1 is 1.32 bits per heavy atom. The first-order chi connectivity index (χ1) is 9.08. The van der Waals surface area contributed by atoms with Crippen LogP contribution in [-0.4, -0.2) is 27.4 Å². The Hall–Kier alpha value is -1.20. The van der Waals surface area contributed by atoms with Crippen molar-refractivity contribution in [1.29, 1.82) is 0 Å². The van der Waals surface area contributed by atoms with Crippen molar-refractivity contribution in [3.05, 3.63) is 33.5 Å². The van der Waals surface area contributed by atoms with Crippen LogP contribution in [0, 0.1) is 13.8 Å². The van der Waals surface area contributed by atoms with Crippen LogP contribution in [0.2, 0.25) is 0 Å². The van der Waals surface area contributed by atoms with E-state index in [0.717, 1.165) is 30.8 Å². The van der Waals surface area contributed by atoms with Gasteiger partial charge in [-0.2, -0.15) is 5.10 Å². The van der Waals surface area contributed by atoms with E-state index in [2.05, 4.69) is 33.8 Å². The third-order valence-corrected chi connectivity index (χ3v) is 4.12. The van der Waals surface area contributed by atoms with Gasteiger partial charge in [0, 0.05) is 42.7 Å². The average Bonchev–Trinajstić information content (AvgIpc) is 2.86. The first-order valence-corrected chi connectivity index (χ1v) is 7.60. The lowest BCUT2D eigenvalue weighted by molar-refractivity contribution is 0.503. The van der Waals surface area contributed by atoms with Crippen LogP contribution in [-0.2, 0) is 19.9 Å². The van der Waals surface area contributed by atoms with E-state index in [0.29, 0.717) is 6.04 Å². The van der Waals surface area contributed by atoms with Crippen molar-refractivity contribution in [3.8, 4) is 0 Å². The van der Waals surface area contributed by atoms with E-state index in [9.17, 15) is 0 Å². The number of hydrogen-bond acceptors (Lipinski definition) is 4. The summed E-state index contributed by atoms with van der Waals surface area (Å²) in [7, 11) is 2.01. The molecule has 104 valence electrons. The normalized spacial score (nSPS) is 12.8. The molecule has 2 heterocycles. The summed E-state index contributed by atoms with van der Waals surface area (Å²) in [5.41, 5.74) is 3.47. The van der Waals surface area contributed by atoms with E-state index in [1.165, 1.54) is 10.7 Å². The Morgan fingerprint density at radius 3 is 2.63 bits per heavy atom. The smallest absolute Gasteiger partial charge is 0.0943 e. The minimum Gasteiger partial charge on any atom is -0.313 e. The Labute approximate surface area is 118 Å². The molecular weight excluding hydrogens is 256 g/mol. The number of thiazole rings is 1. The molecule has 0 amide bonds. The largest absolute Gasteiger partial charge is 0.313 e. The second-order valence-corrected chi connectivity index (χ2v) is 5.89. The minimum absolute atomic E-state index is 0.422. The number of hydrogen-bond donors (Lipinski definition) is 1. The standard InChI is InChI=1S/C14H22N4S/c1-5-15-12(8-14-16-11(3)9-19-14)7-13-6-10(2)17-18(13)4/h6,9,12,15H,5,7-8H2,1-4H3.